The van der Waals surface area contributed by atoms with E-state index in [4.69, 9.17) is 0 Å². The van der Waals surface area contributed by atoms with Crippen molar-refractivity contribution in [3.63, 3.8) is 0 Å². The number of rotatable bonds is 6. The molecular weight excluding hydrogens is 366 g/mol. The number of benzene rings is 1. The zero-order valence-corrected chi connectivity index (χ0v) is 16.4. The molecule has 3 heterocycles. The van der Waals surface area contributed by atoms with Crippen molar-refractivity contribution in [2.24, 2.45) is 0 Å². The summed E-state index contributed by atoms with van der Waals surface area (Å²) in [6.45, 7) is 3.07. The number of allylic oxidation sites excluding steroid dienone is 1. The van der Waals surface area contributed by atoms with Crippen LogP contribution in [-0.2, 0) is 13.0 Å². The number of hydrogen-bond donors (Lipinski definition) is 1. The number of fused-ring (bicyclic) bond motifs is 1. The zero-order chi connectivity index (χ0) is 20.2. The Morgan fingerprint density at radius 1 is 1.03 bits per heavy atom. The summed E-state index contributed by atoms with van der Waals surface area (Å²) in [7, 11) is 0. The standard InChI is InChI=1S/C23H25N3O3/c27-19(16-26-22(28)20-6-2-3-7-21(20)23(26)29)9-8-18-14-17(10-11-24-18)15-25-12-4-1-5-13-25/h2-3,6-7,9-11,14,27H,1,4-5,8,12-13,15-16H2/b19-9+. The molecule has 0 radical (unpaired) electrons. The van der Waals surface area contributed by atoms with Crippen LogP contribution in [0.15, 0.2) is 54.4 Å². The van der Waals surface area contributed by atoms with Gasteiger partial charge in [0.25, 0.3) is 11.8 Å². The van der Waals surface area contributed by atoms with Crippen LogP contribution in [0, 0.1) is 0 Å². The molecule has 6 heteroatoms. The molecule has 29 heavy (non-hydrogen) atoms. The number of hydrogen-bond acceptors (Lipinski definition) is 5. The van der Waals surface area contributed by atoms with Crippen LogP contribution in [0.3, 0.4) is 0 Å². The lowest BCUT2D eigenvalue weighted by atomic mass is 10.1. The Kier molecular flexibility index (Phi) is 5.71. The molecule has 0 atom stereocenters. The van der Waals surface area contributed by atoms with Crippen LogP contribution in [0.4, 0.5) is 0 Å². The van der Waals surface area contributed by atoms with Gasteiger partial charge in [-0.3, -0.25) is 24.4 Å². The van der Waals surface area contributed by atoms with Gasteiger partial charge in [0.2, 0.25) is 0 Å². The second-order valence-electron chi connectivity index (χ2n) is 7.63. The van der Waals surface area contributed by atoms with Crippen LogP contribution in [-0.4, -0.2) is 51.3 Å². The highest BCUT2D eigenvalue weighted by molar-refractivity contribution is 6.21. The Hall–Kier alpha value is -2.99. The number of likely N-dealkylation sites (tertiary alicyclic amines) is 1. The molecule has 2 aromatic rings. The van der Waals surface area contributed by atoms with E-state index in [2.05, 4.69) is 16.0 Å². The summed E-state index contributed by atoms with van der Waals surface area (Å²) in [5, 5.41) is 10.3. The molecule has 2 aliphatic heterocycles. The second-order valence-corrected chi connectivity index (χ2v) is 7.63. The Bertz CT molecular complexity index is 913. The van der Waals surface area contributed by atoms with Gasteiger partial charge in [0.1, 0.15) is 5.76 Å². The summed E-state index contributed by atoms with van der Waals surface area (Å²) in [5.41, 5.74) is 2.84. The number of carbonyl (C=O) groups excluding carboxylic acids is 2. The van der Waals surface area contributed by atoms with Gasteiger partial charge >= 0.3 is 0 Å². The van der Waals surface area contributed by atoms with E-state index < -0.39 is 0 Å². The number of amides is 2. The van der Waals surface area contributed by atoms with Gasteiger partial charge in [0, 0.05) is 24.9 Å². The average molecular weight is 391 g/mol. The predicted octanol–water partition coefficient (Wildman–Crippen LogP) is 3.35. The molecule has 150 valence electrons. The summed E-state index contributed by atoms with van der Waals surface area (Å²) < 4.78 is 0. The van der Waals surface area contributed by atoms with E-state index in [1.165, 1.54) is 24.8 Å². The first-order chi connectivity index (χ1) is 14.1. The molecule has 0 bridgehead atoms. The third kappa shape index (κ3) is 4.38. The van der Waals surface area contributed by atoms with Crippen LogP contribution >= 0.6 is 0 Å². The van der Waals surface area contributed by atoms with Crippen molar-refractivity contribution in [2.45, 2.75) is 32.2 Å². The molecule has 0 unspecified atom stereocenters. The fourth-order valence-corrected chi connectivity index (χ4v) is 3.95. The van der Waals surface area contributed by atoms with E-state index in [0.29, 0.717) is 17.5 Å². The molecule has 1 saturated heterocycles. The summed E-state index contributed by atoms with van der Waals surface area (Å²) in [5.74, 6) is -0.748. The molecule has 4 rings (SSSR count). The van der Waals surface area contributed by atoms with Crippen molar-refractivity contribution < 1.29 is 14.7 Å². The minimum absolute atomic E-state index is 0.0114. The maximum absolute atomic E-state index is 12.4. The van der Waals surface area contributed by atoms with Crippen LogP contribution in [0.1, 0.15) is 51.2 Å². The van der Waals surface area contributed by atoms with Gasteiger partial charge in [-0.2, -0.15) is 0 Å². The molecule has 2 amide bonds. The molecule has 0 aliphatic carbocycles. The van der Waals surface area contributed by atoms with Crippen LogP contribution in [0.2, 0.25) is 0 Å². The first-order valence-electron chi connectivity index (χ1n) is 10.1. The lowest BCUT2D eigenvalue weighted by Crippen LogP contribution is -2.31. The fraction of sp³-hybridized carbons (Fsp3) is 0.348. The number of nitrogens with zero attached hydrogens (tertiary/aromatic N) is 3. The smallest absolute Gasteiger partial charge is 0.261 e. The summed E-state index contributed by atoms with van der Waals surface area (Å²) in [6.07, 6.45) is 7.69. The largest absolute Gasteiger partial charge is 0.511 e. The van der Waals surface area contributed by atoms with Gasteiger partial charge in [-0.15, -0.1) is 0 Å². The van der Waals surface area contributed by atoms with E-state index in [1.54, 1.807) is 36.5 Å². The Morgan fingerprint density at radius 3 is 2.41 bits per heavy atom. The number of aromatic nitrogens is 1. The van der Waals surface area contributed by atoms with Crippen LogP contribution < -0.4 is 0 Å². The minimum atomic E-state index is -0.368. The Morgan fingerprint density at radius 2 is 1.72 bits per heavy atom. The second kappa shape index (κ2) is 8.57. The monoisotopic (exact) mass is 391 g/mol. The van der Waals surface area contributed by atoms with E-state index >= 15 is 0 Å². The lowest BCUT2D eigenvalue weighted by molar-refractivity contribution is 0.0651. The quantitative estimate of drug-likeness (QED) is 0.604. The maximum atomic E-state index is 12.4. The molecule has 6 nitrogen and oxygen atoms in total. The Labute approximate surface area is 170 Å². The number of aliphatic hydroxyl groups is 1. The van der Waals surface area contributed by atoms with Gasteiger partial charge in [0.05, 0.1) is 17.7 Å². The predicted molar refractivity (Wildman–Crippen MR) is 110 cm³/mol. The van der Waals surface area contributed by atoms with Crippen molar-refractivity contribution in [1.82, 2.24) is 14.8 Å². The van der Waals surface area contributed by atoms with Crippen LogP contribution in [0.25, 0.3) is 0 Å². The van der Waals surface area contributed by atoms with Crippen LogP contribution in [0.5, 0.6) is 0 Å². The zero-order valence-electron chi connectivity index (χ0n) is 16.4. The molecule has 1 fully saturated rings. The van der Waals surface area contributed by atoms with Gasteiger partial charge < -0.3 is 5.11 Å². The van der Waals surface area contributed by atoms with Gasteiger partial charge in [-0.1, -0.05) is 18.6 Å². The highest BCUT2D eigenvalue weighted by atomic mass is 16.3. The van der Waals surface area contributed by atoms with E-state index in [-0.39, 0.29) is 24.1 Å². The average Bonchev–Trinajstić information content (AvgIpc) is 2.98. The first-order valence-corrected chi connectivity index (χ1v) is 10.1. The number of carbonyl (C=O) groups is 2. The summed E-state index contributed by atoms with van der Waals surface area (Å²) in [6, 6.07) is 10.8. The molecule has 2 aliphatic rings. The molecular formula is C23H25N3O3. The van der Waals surface area contributed by atoms with Crippen molar-refractivity contribution in [1.29, 1.82) is 0 Å². The summed E-state index contributed by atoms with van der Waals surface area (Å²) in [4.78, 5) is 32.7. The lowest BCUT2D eigenvalue weighted by Gasteiger charge is -2.26. The summed E-state index contributed by atoms with van der Waals surface area (Å²) >= 11 is 0. The molecule has 1 aromatic heterocycles. The normalized spacial score (nSPS) is 17.7. The SMILES string of the molecule is O=C1c2ccccc2C(=O)N1C/C(O)=C\Cc1cc(CN2CCCCC2)ccn1. The topological polar surface area (TPSA) is 73.7 Å². The number of imide groups is 1. The van der Waals surface area contributed by atoms with Crippen molar-refractivity contribution in [3.05, 3.63) is 76.8 Å². The van der Waals surface area contributed by atoms with Crippen molar-refractivity contribution in [2.75, 3.05) is 19.6 Å². The minimum Gasteiger partial charge on any atom is -0.511 e. The highest BCUT2D eigenvalue weighted by Gasteiger charge is 2.35. The highest BCUT2D eigenvalue weighted by Crippen LogP contribution is 2.23. The van der Waals surface area contributed by atoms with E-state index in [9.17, 15) is 14.7 Å². The van der Waals surface area contributed by atoms with Gasteiger partial charge in [-0.05, 0) is 61.8 Å². The first kappa shape index (κ1) is 19.3. The van der Waals surface area contributed by atoms with E-state index in [0.717, 1.165) is 30.2 Å². The van der Waals surface area contributed by atoms with E-state index in [1.807, 2.05) is 6.07 Å². The van der Waals surface area contributed by atoms with Gasteiger partial charge in [-0.25, -0.2) is 0 Å². The Balaban J connectivity index is 1.37. The number of piperidine rings is 1. The maximum Gasteiger partial charge on any atom is 0.261 e. The van der Waals surface area contributed by atoms with Crippen molar-refractivity contribution in [3.8, 4) is 0 Å². The third-order valence-electron chi connectivity index (χ3n) is 5.48. The van der Waals surface area contributed by atoms with Gasteiger partial charge in [0.15, 0.2) is 0 Å². The molecule has 0 saturated carbocycles. The van der Waals surface area contributed by atoms with Crippen molar-refractivity contribution >= 4 is 11.8 Å². The molecule has 0 spiro atoms. The molecule has 1 aromatic carbocycles. The molecule has 1 N–H and O–H groups in total. The number of aliphatic hydroxyl groups excluding tert-OH is 1. The fourth-order valence-electron chi connectivity index (χ4n) is 3.95. The number of pyridine rings is 1. The third-order valence-corrected chi connectivity index (χ3v) is 5.48.